The summed E-state index contributed by atoms with van der Waals surface area (Å²) in [6, 6.07) is 20.3. The molecule has 0 aliphatic rings. The van der Waals surface area contributed by atoms with Crippen molar-refractivity contribution in [3.8, 4) is 11.5 Å². The minimum absolute atomic E-state index is 0.107. The summed E-state index contributed by atoms with van der Waals surface area (Å²) in [5.74, 6) is -1.81. The van der Waals surface area contributed by atoms with E-state index in [1.807, 2.05) is 81.4 Å². The van der Waals surface area contributed by atoms with Crippen LogP contribution in [0.5, 0.6) is 11.5 Å². The predicted octanol–water partition coefficient (Wildman–Crippen LogP) is 4.70. The Balaban J connectivity index is 1.71. The number of carbonyl (C=O) groups excluding carboxylic acids is 2. The zero-order valence-electron chi connectivity index (χ0n) is 22.5. The molecule has 0 unspecified atom stereocenters. The van der Waals surface area contributed by atoms with Gasteiger partial charge in [0, 0.05) is 18.2 Å². The number of aromatic nitrogens is 1. The molecule has 0 radical (unpaired) electrons. The van der Waals surface area contributed by atoms with Crippen LogP contribution in [0.3, 0.4) is 0 Å². The topological polar surface area (TPSA) is 107 Å². The molecule has 8 heteroatoms. The molecule has 8 nitrogen and oxygen atoms in total. The molecule has 1 heterocycles. The van der Waals surface area contributed by atoms with Gasteiger partial charge in [-0.25, -0.2) is 9.78 Å². The van der Waals surface area contributed by atoms with Gasteiger partial charge >= 0.3 is 5.97 Å². The summed E-state index contributed by atoms with van der Waals surface area (Å²) < 4.78 is 17.2. The van der Waals surface area contributed by atoms with Gasteiger partial charge in [0.05, 0.1) is 19.3 Å². The summed E-state index contributed by atoms with van der Waals surface area (Å²) in [5, 5.41) is 12.8. The molecule has 0 saturated carbocycles. The van der Waals surface area contributed by atoms with Crippen LogP contribution in [-0.4, -0.2) is 46.8 Å². The quantitative estimate of drug-likeness (QED) is 0.333. The predicted molar refractivity (Wildman–Crippen MR) is 144 cm³/mol. The molecule has 2 aromatic carbocycles. The average Bonchev–Trinajstić information content (AvgIpc) is 2.91. The summed E-state index contributed by atoms with van der Waals surface area (Å²) in [6.45, 7) is 7.77. The van der Waals surface area contributed by atoms with Gasteiger partial charge in [-0.1, -0.05) is 60.7 Å². The van der Waals surface area contributed by atoms with Gasteiger partial charge in [-0.2, -0.15) is 0 Å². The van der Waals surface area contributed by atoms with E-state index in [1.165, 1.54) is 26.3 Å². The smallest absolute Gasteiger partial charge is 0.328 e. The van der Waals surface area contributed by atoms with Crippen molar-refractivity contribution in [1.82, 2.24) is 10.3 Å². The second-order valence-corrected chi connectivity index (χ2v) is 9.72. The Kier molecular flexibility index (Phi) is 9.85. The SMILES string of the molecule is COc1ccnc(C(=O)N[C@@H](C)C(=O)O[C@@H](C)[C@H](Cc2ccccc2)C(C)(C)OCc2ccccc2)c1O. The number of amides is 1. The summed E-state index contributed by atoms with van der Waals surface area (Å²) in [4.78, 5) is 29.6. The van der Waals surface area contributed by atoms with Crippen molar-refractivity contribution in [2.75, 3.05) is 7.11 Å². The summed E-state index contributed by atoms with van der Waals surface area (Å²) in [6.07, 6.45) is 1.43. The maximum Gasteiger partial charge on any atom is 0.328 e. The minimum atomic E-state index is -0.983. The van der Waals surface area contributed by atoms with Crippen LogP contribution < -0.4 is 10.1 Å². The van der Waals surface area contributed by atoms with E-state index in [0.717, 1.165) is 11.1 Å². The van der Waals surface area contributed by atoms with E-state index in [1.54, 1.807) is 0 Å². The standard InChI is InChI=1S/C30H36N2O6/c1-20(32-28(34)26-27(33)25(36-5)16-17-31-26)29(35)38-21(2)24(18-22-12-8-6-9-13-22)30(3,4)37-19-23-14-10-7-11-15-23/h6-17,20-21,24,33H,18-19H2,1-5H3,(H,32,34)/t20-,21-,24-/m0/s1. The molecule has 1 amide bonds. The normalized spacial score (nSPS) is 13.7. The molecule has 0 aliphatic carbocycles. The largest absolute Gasteiger partial charge is 0.503 e. The lowest BCUT2D eigenvalue weighted by Crippen LogP contribution is -2.46. The summed E-state index contributed by atoms with van der Waals surface area (Å²) in [7, 11) is 1.37. The molecule has 3 atom stereocenters. The van der Waals surface area contributed by atoms with Crippen LogP contribution >= 0.6 is 0 Å². The van der Waals surface area contributed by atoms with Crippen LogP contribution in [0, 0.1) is 5.92 Å². The van der Waals surface area contributed by atoms with E-state index in [4.69, 9.17) is 14.2 Å². The van der Waals surface area contributed by atoms with Crippen molar-refractivity contribution in [1.29, 1.82) is 0 Å². The van der Waals surface area contributed by atoms with E-state index in [9.17, 15) is 14.7 Å². The Hall–Kier alpha value is -3.91. The van der Waals surface area contributed by atoms with Crippen LogP contribution in [0.15, 0.2) is 72.9 Å². The number of aromatic hydroxyl groups is 1. The van der Waals surface area contributed by atoms with Gasteiger partial charge in [-0.15, -0.1) is 0 Å². The van der Waals surface area contributed by atoms with Crippen molar-refractivity contribution in [3.05, 3.63) is 89.7 Å². The van der Waals surface area contributed by atoms with Crippen molar-refractivity contribution in [2.45, 2.75) is 58.5 Å². The van der Waals surface area contributed by atoms with Gasteiger partial charge in [0.2, 0.25) is 0 Å². The fraction of sp³-hybridized carbons (Fsp3) is 0.367. The molecule has 0 bridgehead atoms. The van der Waals surface area contributed by atoms with E-state index < -0.39 is 35.4 Å². The molecule has 3 rings (SSSR count). The second-order valence-electron chi connectivity index (χ2n) is 9.72. The first-order chi connectivity index (χ1) is 18.1. The number of rotatable bonds is 12. The highest BCUT2D eigenvalue weighted by molar-refractivity contribution is 5.97. The first-order valence-electron chi connectivity index (χ1n) is 12.6. The molecule has 2 N–H and O–H groups in total. The summed E-state index contributed by atoms with van der Waals surface area (Å²) in [5.41, 5.74) is 1.26. The van der Waals surface area contributed by atoms with Crippen molar-refractivity contribution < 1.29 is 28.9 Å². The molecular weight excluding hydrogens is 484 g/mol. The number of hydrogen-bond donors (Lipinski definition) is 2. The zero-order valence-corrected chi connectivity index (χ0v) is 22.5. The van der Waals surface area contributed by atoms with Crippen molar-refractivity contribution >= 4 is 11.9 Å². The molecule has 0 spiro atoms. The minimum Gasteiger partial charge on any atom is -0.503 e. The van der Waals surface area contributed by atoms with Gasteiger partial charge in [-0.3, -0.25) is 4.79 Å². The second kappa shape index (κ2) is 13.1. The van der Waals surface area contributed by atoms with Crippen molar-refractivity contribution in [2.24, 2.45) is 5.92 Å². The third-order valence-electron chi connectivity index (χ3n) is 6.54. The first kappa shape index (κ1) is 28.7. The number of pyridine rings is 1. The molecule has 0 fully saturated rings. The maximum absolute atomic E-state index is 13.0. The van der Waals surface area contributed by atoms with Crippen LogP contribution in [0.4, 0.5) is 0 Å². The first-order valence-corrected chi connectivity index (χ1v) is 12.6. The Morgan fingerprint density at radius 2 is 1.58 bits per heavy atom. The molecular formula is C30H36N2O6. The molecule has 3 aromatic rings. The highest BCUT2D eigenvalue weighted by Gasteiger charge is 2.37. The van der Waals surface area contributed by atoms with Gasteiger partial charge in [0.1, 0.15) is 12.1 Å². The number of ether oxygens (including phenoxy) is 3. The van der Waals surface area contributed by atoms with Gasteiger partial charge < -0.3 is 24.6 Å². The number of nitrogens with zero attached hydrogens (tertiary/aromatic N) is 1. The van der Waals surface area contributed by atoms with Gasteiger partial charge in [0.25, 0.3) is 5.91 Å². The van der Waals surface area contributed by atoms with Crippen LogP contribution in [0.1, 0.15) is 49.3 Å². The van der Waals surface area contributed by atoms with Gasteiger partial charge in [0.15, 0.2) is 17.2 Å². The number of carbonyl (C=O) groups is 2. The highest BCUT2D eigenvalue weighted by atomic mass is 16.5. The fourth-order valence-corrected chi connectivity index (χ4v) is 4.25. The van der Waals surface area contributed by atoms with E-state index >= 15 is 0 Å². The van der Waals surface area contributed by atoms with E-state index in [2.05, 4.69) is 10.3 Å². The third kappa shape index (κ3) is 7.55. The number of nitrogens with one attached hydrogen (secondary N) is 1. The third-order valence-corrected chi connectivity index (χ3v) is 6.54. The Morgan fingerprint density at radius 1 is 0.974 bits per heavy atom. The summed E-state index contributed by atoms with van der Waals surface area (Å²) >= 11 is 0. The number of methoxy groups -OCH3 is 1. The average molecular weight is 521 g/mol. The highest BCUT2D eigenvalue weighted by Crippen LogP contribution is 2.31. The van der Waals surface area contributed by atoms with Crippen LogP contribution in [-0.2, 0) is 27.3 Å². The zero-order chi connectivity index (χ0) is 27.7. The number of esters is 1. The lowest BCUT2D eigenvalue weighted by molar-refractivity contribution is -0.162. The molecule has 0 saturated heterocycles. The van der Waals surface area contributed by atoms with E-state index in [0.29, 0.717) is 13.0 Å². The van der Waals surface area contributed by atoms with Crippen molar-refractivity contribution in [3.63, 3.8) is 0 Å². The van der Waals surface area contributed by atoms with Gasteiger partial charge in [-0.05, 0) is 45.2 Å². The van der Waals surface area contributed by atoms with Crippen LogP contribution in [0.25, 0.3) is 0 Å². The lowest BCUT2D eigenvalue weighted by Gasteiger charge is -2.38. The Labute approximate surface area is 224 Å². The Bertz CT molecular complexity index is 1200. The molecule has 1 aromatic heterocycles. The lowest BCUT2D eigenvalue weighted by atomic mass is 9.81. The number of hydrogen-bond acceptors (Lipinski definition) is 7. The maximum atomic E-state index is 13.0. The fourth-order valence-electron chi connectivity index (χ4n) is 4.25. The monoisotopic (exact) mass is 520 g/mol. The van der Waals surface area contributed by atoms with E-state index in [-0.39, 0.29) is 17.4 Å². The number of benzene rings is 2. The van der Waals surface area contributed by atoms with Crippen LogP contribution in [0.2, 0.25) is 0 Å². The molecule has 202 valence electrons. The molecule has 0 aliphatic heterocycles. The Morgan fingerprint density at radius 3 is 2.18 bits per heavy atom. The molecule has 38 heavy (non-hydrogen) atoms.